The second-order valence-corrected chi connectivity index (χ2v) is 24.1. The fraction of sp³-hybridized carbons (Fsp3) is 0.594. The molecular weight excluding hydrogens is 1240 g/mol. The number of benzene rings is 1. The van der Waals surface area contributed by atoms with Gasteiger partial charge >= 0.3 is 11.9 Å². The molecule has 0 radical (unpaired) electrons. The van der Waals surface area contributed by atoms with Gasteiger partial charge in [0.15, 0.2) is 11.5 Å². The first-order valence-electron chi connectivity index (χ1n) is 31.8. The number of anilines is 3. The van der Waals surface area contributed by atoms with Crippen molar-refractivity contribution in [3.05, 3.63) is 70.7 Å². The number of rotatable bonds is 48. The number of pyridine rings is 2. The molecule has 4 aromatic rings. The van der Waals surface area contributed by atoms with Crippen LogP contribution in [-0.4, -0.2) is 172 Å². The number of carbonyl (C=O) groups excluding carboxylic acids is 7. The number of fused-ring (bicyclic) bond motifs is 2. The summed E-state index contributed by atoms with van der Waals surface area (Å²) in [6.45, 7) is 2.63. The summed E-state index contributed by atoms with van der Waals surface area (Å²) >= 11 is 3.36. The molecule has 6 rings (SSSR count). The number of ether oxygens (including phenoxy) is 4. The van der Waals surface area contributed by atoms with Crippen molar-refractivity contribution in [3.63, 3.8) is 0 Å². The van der Waals surface area contributed by atoms with Crippen LogP contribution in [0.1, 0.15) is 157 Å². The number of amides is 6. The molecule has 0 spiro atoms. The third kappa shape index (κ3) is 25.6. The van der Waals surface area contributed by atoms with Gasteiger partial charge in [0, 0.05) is 74.1 Å². The highest BCUT2D eigenvalue weighted by Gasteiger charge is 2.67. The first-order chi connectivity index (χ1) is 43.9. The number of Topliss-reactive ketones (excluding diaryl/α,β-unsaturated/α-hetero) is 1. The number of nitrogens with two attached hydrogens (primary N) is 1. The third-order valence-electron chi connectivity index (χ3n) is 16.1. The summed E-state index contributed by atoms with van der Waals surface area (Å²) in [4.78, 5) is 124. The highest BCUT2D eigenvalue weighted by molar-refractivity contribution is 9.10. The molecule has 91 heavy (non-hydrogen) atoms. The van der Waals surface area contributed by atoms with E-state index < -0.39 is 47.2 Å². The van der Waals surface area contributed by atoms with Crippen LogP contribution < -0.4 is 32.3 Å². The Bertz CT molecular complexity index is 3040. The van der Waals surface area contributed by atoms with Gasteiger partial charge in [-0.3, -0.25) is 48.0 Å². The SMILES string of the molecule is Cc1ccc(Br)nc1NC(=O)[C@@H]1C[C@@]2(CNC(=O)COCCOCCCC(=O)COCCOCCNC(=O)CC[C@H](NC(=O)CCCCCCCCCCCCCCCCC(=O)O)C(=O)O)C[C@H]2N1C(=O)Cn1nc(C(N)=O)c2cc(Nc3cccnc3)ccc21. The van der Waals surface area contributed by atoms with E-state index in [9.17, 15) is 48.3 Å². The van der Waals surface area contributed by atoms with E-state index in [1.165, 1.54) is 36.8 Å². The van der Waals surface area contributed by atoms with Gasteiger partial charge in [-0.25, -0.2) is 9.78 Å². The fourth-order valence-electron chi connectivity index (χ4n) is 11.1. The van der Waals surface area contributed by atoms with Gasteiger partial charge < -0.3 is 66.4 Å². The van der Waals surface area contributed by atoms with Crippen LogP contribution in [-0.2, 0) is 63.8 Å². The average Bonchev–Trinajstić information content (AvgIpc) is 1.54. The molecule has 1 aliphatic heterocycles. The van der Waals surface area contributed by atoms with Crippen LogP contribution in [0.2, 0.25) is 0 Å². The van der Waals surface area contributed by atoms with Crippen molar-refractivity contribution in [2.24, 2.45) is 11.1 Å². The molecule has 1 saturated heterocycles. The van der Waals surface area contributed by atoms with E-state index in [4.69, 9.17) is 29.8 Å². The van der Waals surface area contributed by atoms with Gasteiger partial charge in [-0.2, -0.15) is 5.10 Å². The van der Waals surface area contributed by atoms with E-state index in [2.05, 4.69) is 57.6 Å². The van der Waals surface area contributed by atoms with Gasteiger partial charge in [0.05, 0.1) is 50.4 Å². The molecular formula is C64H90BrN11O15. The third-order valence-corrected chi connectivity index (χ3v) is 16.5. The maximum atomic E-state index is 14.4. The van der Waals surface area contributed by atoms with E-state index in [-0.39, 0.29) is 146 Å². The van der Waals surface area contributed by atoms with Crippen molar-refractivity contribution < 1.29 is 72.3 Å². The Balaban J connectivity index is 0.770. The maximum Gasteiger partial charge on any atom is 0.326 e. The van der Waals surface area contributed by atoms with E-state index in [0.717, 1.165) is 62.6 Å². The number of carbonyl (C=O) groups is 9. The molecule has 2 aliphatic rings. The number of piperidine rings is 1. The molecule has 1 aliphatic carbocycles. The zero-order chi connectivity index (χ0) is 65.4. The van der Waals surface area contributed by atoms with Crippen molar-refractivity contribution in [1.82, 2.24) is 40.6 Å². The number of primary amides is 1. The Morgan fingerprint density at radius 2 is 1.36 bits per heavy atom. The number of aromatic nitrogens is 4. The minimum absolute atomic E-state index is 0.0219. The van der Waals surface area contributed by atoms with Gasteiger partial charge in [0.1, 0.15) is 42.3 Å². The fourth-order valence-corrected chi connectivity index (χ4v) is 11.4. The van der Waals surface area contributed by atoms with Crippen LogP contribution in [0.15, 0.2) is 59.5 Å². The van der Waals surface area contributed by atoms with Crippen LogP contribution in [0.25, 0.3) is 10.9 Å². The number of aliphatic carboxylic acids is 2. The summed E-state index contributed by atoms with van der Waals surface area (Å²) in [6.07, 6.45) is 20.0. The second-order valence-electron chi connectivity index (χ2n) is 23.3. The van der Waals surface area contributed by atoms with Crippen molar-refractivity contribution >= 4 is 97.2 Å². The lowest BCUT2D eigenvalue weighted by atomic mass is 9.99. The molecule has 1 saturated carbocycles. The van der Waals surface area contributed by atoms with Crippen LogP contribution in [0.3, 0.4) is 0 Å². The Kier molecular flexibility index (Phi) is 31.2. The number of nitrogens with one attached hydrogen (secondary N) is 5. The van der Waals surface area contributed by atoms with Gasteiger partial charge in [-0.1, -0.05) is 83.1 Å². The summed E-state index contributed by atoms with van der Waals surface area (Å²) in [7, 11) is 0. The maximum absolute atomic E-state index is 14.4. The Hall–Kier alpha value is -7.46. The largest absolute Gasteiger partial charge is 0.481 e. The second kappa shape index (κ2) is 39.1. The zero-order valence-electron chi connectivity index (χ0n) is 52.2. The smallest absolute Gasteiger partial charge is 0.326 e. The van der Waals surface area contributed by atoms with Crippen LogP contribution in [0.4, 0.5) is 17.2 Å². The molecule has 3 aromatic heterocycles. The van der Waals surface area contributed by atoms with Gasteiger partial charge in [-0.05, 0) is 103 Å². The molecule has 4 heterocycles. The number of carboxylic acids is 2. The number of hydrogen-bond acceptors (Lipinski definition) is 17. The van der Waals surface area contributed by atoms with Crippen molar-refractivity contribution in [3.8, 4) is 0 Å². The van der Waals surface area contributed by atoms with Gasteiger partial charge in [0.2, 0.25) is 29.5 Å². The monoisotopic (exact) mass is 1330 g/mol. The zero-order valence-corrected chi connectivity index (χ0v) is 53.7. The predicted molar refractivity (Wildman–Crippen MR) is 341 cm³/mol. The normalized spacial score (nSPS) is 16.0. The molecule has 1 aromatic carbocycles. The molecule has 4 atom stereocenters. The number of carboxylic acid groups (broad SMARTS) is 2. The summed E-state index contributed by atoms with van der Waals surface area (Å²) in [5, 5.41) is 37.4. The topological polar surface area (TPSA) is 364 Å². The molecule has 6 amide bonds. The number of nitrogens with zero attached hydrogens (tertiary/aromatic N) is 5. The molecule has 9 N–H and O–H groups in total. The van der Waals surface area contributed by atoms with E-state index in [1.54, 1.807) is 60.6 Å². The number of likely N-dealkylation sites (tertiary alicyclic amines) is 1. The Labute approximate surface area is 539 Å². The summed E-state index contributed by atoms with van der Waals surface area (Å²) in [6, 6.07) is 9.94. The number of unbranched alkanes of at least 4 members (excludes halogenated alkanes) is 13. The lowest BCUT2D eigenvalue weighted by Gasteiger charge is -2.27. The summed E-state index contributed by atoms with van der Waals surface area (Å²) in [5.74, 6) is -4.43. The van der Waals surface area contributed by atoms with E-state index in [0.29, 0.717) is 46.3 Å². The Morgan fingerprint density at radius 3 is 2.02 bits per heavy atom. The van der Waals surface area contributed by atoms with Gasteiger partial charge in [0.25, 0.3) is 5.91 Å². The van der Waals surface area contributed by atoms with Crippen LogP contribution >= 0.6 is 15.9 Å². The van der Waals surface area contributed by atoms with Crippen LogP contribution in [0.5, 0.6) is 0 Å². The first kappa shape index (κ1) is 72.6. The Morgan fingerprint density at radius 1 is 0.703 bits per heavy atom. The molecule has 498 valence electrons. The van der Waals surface area contributed by atoms with E-state index >= 15 is 0 Å². The van der Waals surface area contributed by atoms with Gasteiger partial charge in [-0.15, -0.1) is 0 Å². The highest BCUT2D eigenvalue weighted by Crippen LogP contribution is 2.59. The minimum atomic E-state index is -1.20. The lowest BCUT2D eigenvalue weighted by molar-refractivity contribution is -0.142. The first-order valence-corrected chi connectivity index (χ1v) is 32.5. The predicted octanol–water partition coefficient (Wildman–Crippen LogP) is 7.06. The average molecular weight is 1330 g/mol. The quantitative estimate of drug-likeness (QED) is 0.0162. The standard InChI is InChI=1S/C64H90BrN11O15/c1-44-22-26-53(65)72-61(44)73-62(85)51-37-64(38-52(64)76(51)57(81)40-75-50-25-23-45(70-46-18-16-28-67-39-46)36-48(50)59(74-75)60(66)84)43-69-56(80)42-91-35-32-88-30-17-19-47(77)41-90-34-33-89-31-29-68-54(78)27-24-49(63(86)87)71-55(79)20-14-12-10-8-6-4-2-3-5-7-9-11-13-15-21-58(82)83/h16,18,22-23,25-26,28,36,39,49,51-52,70H,2-15,17,19-21,24,27,29-35,37-38,40-43H2,1H3,(H2,66,84)(H,68,78)(H,69,80)(H,71,79)(H,82,83)(H,86,87)(H,72,73,85)/t49-,51-,52+,64-/m0/s1. The summed E-state index contributed by atoms with van der Waals surface area (Å²) < 4.78 is 24.0. The number of ketones is 1. The molecule has 0 unspecified atom stereocenters. The van der Waals surface area contributed by atoms with Crippen LogP contribution in [0, 0.1) is 12.3 Å². The highest BCUT2D eigenvalue weighted by atomic mass is 79.9. The number of aryl methyl sites for hydroxylation is 1. The number of hydrogen-bond donors (Lipinski definition) is 8. The molecule has 2 fully saturated rings. The van der Waals surface area contributed by atoms with Crippen molar-refractivity contribution in [2.75, 3.05) is 76.6 Å². The molecule has 27 heteroatoms. The summed E-state index contributed by atoms with van der Waals surface area (Å²) in [5.41, 5.74) is 7.72. The number of halogens is 1. The van der Waals surface area contributed by atoms with Crippen molar-refractivity contribution in [1.29, 1.82) is 0 Å². The van der Waals surface area contributed by atoms with Crippen molar-refractivity contribution in [2.45, 2.75) is 173 Å². The van der Waals surface area contributed by atoms with E-state index in [1.807, 2.05) is 6.07 Å². The molecule has 26 nitrogen and oxygen atoms in total. The molecule has 0 bridgehead atoms. The minimum Gasteiger partial charge on any atom is -0.481 e. The lowest BCUT2D eigenvalue weighted by Crippen LogP contribution is -2.47.